The molecule has 3 aromatic rings. The van der Waals surface area contributed by atoms with Crippen LogP contribution in [-0.2, 0) is 22.5 Å². The zero-order chi connectivity index (χ0) is 22.0. The Morgan fingerprint density at radius 2 is 1.61 bits per heavy atom. The van der Waals surface area contributed by atoms with Crippen LogP contribution in [0.15, 0.2) is 72.9 Å². The molecule has 0 saturated heterocycles. The molecule has 8 heteroatoms. The van der Waals surface area contributed by atoms with Gasteiger partial charge in [-0.2, -0.15) is 18.2 Å². The Bertz CT molecular complexity index is 1090. The summed E-state index contributed by atoms with van der Waals surface area (Å²) in [6.07, 6.45) is -3.06. The van der Waals surface area contributed by atoms with Crippen molar-refractivity contribution in [2.24, 2.45) is 0 Å². The molecular formula is C23H17F3N2O3. The van der Waals surface area contributed by atoms with Crippen LogP contribution in [0.2, 0.25) is 0 Å². The van der Waals surface area contributed by atoms with E-state index in [-0.39, 0.29) is 18.4 Å². The van der Waals surface area contributed by atoms with Crippen LogP contribution in [0.5, 0.6) is 0 Å². The molecule has 1 heterocycles. The highest BCUT2D eigenvalue weighted by molar-refractivity contribution is 5.96. The van der Waals surface area contributed by atoms with E-state index in [9.17, 15) is 22.8 Å². The number of hydroxylamine groups is 2. The summed E-state index contributed by atoms with van der Waals surface area (Å²) in [5.74, 6) is -3.26. The van der Waals surface area contributed by atoms with Crippen molar-refractivity contribution in [2.45, 2.75) is 25.1 Å². The van der Waals surface area contributed by atoms with Crippen molar-refractivity contribution >= 4 is 11.9 Å². The third kappa shape index (κ3) is 4.42. The first kappa shape index (κ1) is 20.6. The van der Waals surface area contributed by atoms with E-state index in [1.54, 1.807) is 36.5 Å². The molecule has 1 aliphatic carbocycles. The molecule has 0 bridgehead atoms. The first-order valence-corrected chi connectivity index (χ1v) is 9.54. The first-order chi connectivity index (χ1) is 14.8. The number of hydrogen-bond donors (Lipinski definition) is 0. The summed E-state index contributed by atoms with van der Waals surface area (Å²) in [4.78, 5) is 33.6. The van der Waals surface area contributed by atoms with Crippen molar-refractivity contribution in [3.05, 3.63) is 89.6 Å². The summed E-state index contributed by atoms with van der Waals surface area (Å²) in [6, 6.07) is 18.1. The van der Waals surface area contributed by atoms with E-state index in [4.69, 9.17) is 0 Å². The first-order valence-electron chi connectivity index (χ1n) is 9.54. The second kappa shape index (κ2) is 8.22. The molecule has 0 atom stereocenters. The summed E-state index contributed by atoms with van der Waals surface area (Å²) in [5.41, 5.74) is 3.10. The van der Waals surface area contributed by atoms with E-state index >= 15 is 0 Å². The fourth-order valence-electron chi connectivity index (χ4n) is 3.60. The molecule has 0 unspecified atom stereocenters. The monoisotopic (exact) mass is 426 g/mol. The lowest BCUT2D eigenvalue weighted by Gasteiger charge is -2.27. The van der Waals surface area contributed by atoms with Gasteiger partial charge in [0.05, 0.1) is 11.7 Å². The van der Waals surface area contributed by atoms with E-state index in [0.29, 0.717) is 16.3 Å². The average molecular weight is 426 g/mol. The minimum atomic E-state index is -5.22. The fraction of sp³-hybridized carbons (Fsp3) is 0.174. The maximum atomic E-state index is 13.2. The van der Waals surface area contributed by atoms with Gasteiger partial charge in [0.2, 0.25) is 0 Å². The van der Waals surface area contributed by atoms with Gasteiger partial charge in [-0.1, -0.05) is 42.5 Å². The van der Waals surface area contributed by atoms with Gasteiger partial charge in [-0.15, -0.1) is 0 Å². The van der Waals surface area contributed by atoms with Gasteiger partial charge < -0.3 is 4.84 Å². The molecule has 1 amide bonds. The Morgan fingerprint density at radius 3 is 2.23 bits per heavy atom. The summed E-state index contributed by atoms with van der Waals surface area (Å²) in [7, 11) is 0. The average Bonchev–Trinajstić information content (AvgIpc) is 3.21. The van der Waals surface area contributed by atoms with Crippen LogP contribution < -0.4 is 0 Å². The van der Waals surface area contributed by atoms with Gasteiger partial charge in [0.1, 0.15) is 0 Å². The van der Waals surface area contributed by atoms with E-state index in [2.05, 4.69) is 9.82 Å². The van der Waals surface area contributed by atoms with Crippen molar-refractivity contribution in [1.82, 2.24) is 10.0 Å². The smallest absolute Gasteiger partial charge is 0.329 e. The lowest BCUT2D eigenvalue weighted by molar-refractivity contribution is -0.233. The molecule has 0 radical (unpaired) electrons. The molecule has 0 spiro atoms. The molecule has 31 heavy (non-hydrogen) atoms. The number of benzene rings is 2. The number of alkyl halides is 3. The van der Waals surface area contributed by atoms with E-state index in [0.717, 1.165) is 11.1 Å². The molecule has 5 nitrogen and oxygen atoms in total. The highest BCUT2D eigenvalue weighted by Crippen LogP contribution is 2.29. The second-order valence-electron chi connectivity index (χ2n) is 7.13. The Balaban J connectivity index is 1.65. The predicted octanol–water partition coefficient (Wildman–Crippen LogP) is 4.38. The largest absolute Gasteiger partial charge is 0.493 e. The summed E-state index contributed by atoms with van der Waals surface area (Å²) in [6.45, 7) is 0. The minimum Gasteiger partial charge on any atom is -0.329 e. The van der Waals surface area contributed by atoms with Crippen LogP contribution in [-0.4, -0.2) is 34.1 Å². The Labute approximate surface area is 176 Å². The normalized spacial score (nSPS) is 13.5. The maximum Gasteiger partial charge on any atom is 0.493 e. The fourth-order valence-corrected chi connectivity index (χ4v) is 3.60. The van der Waals surface area contributed by atoms with Crippen molar-refractivity contribution in [2.75, 3.05) is 0 Å². The number of nitrogens with zero attached hydrogens (tertiary/aromatic N) is 2. The van der Waals surface area contributed by atoms with Crippen molar-refractivity contribution in [1.29, 1.82) is 0 Å². The summed E-state index contributed by atoms with van der Waals surface area (Å²) < 4.78 is 38.7. The highest BCUT2D eigenvalue weighted by Gasteiger charge is 2.45. The number of pyridine rings is 1. The van der Waals surface area contributed by atoms with E-state index in [1.165, 1.54) is 12.1 Å². The van der Waals surface area contributed by atoms with Crippen LogP contribution in [0, 0.1) is 0 Å². The van der Waals surface area contributed by atoms with E-state index < -0.39 is 24.1 Å². The topological polar surface area (TPSA) is 59.5 Å². The third-order valence-electron chi connectivity index (χ3n) is 5.04. The standard InChI is InChI=1S/C23H17F3N2O3/c24-23(25,26)22(30)31-28(19-13-15-6-1-2-7-16(15)14-19)21(29)18-9-5-8-17(12-18)20-10-3-4-11-27-20/h1-12,19H,13-14H2. The third-order valence-corrected chi connectivity index (χ3v) is 5.04. The van der Waals surface area contributed by atoms with Gasteiger partial charge in [-0.3, -0.25) is 9.78 Å². The maximum absolute atomic E-state index is 13.2. The number of rotatable bonds is 3. The van der Waals surface area contributed by atoms with Crippen LogP contribution in [0.25, 0.3) is 11.3 Å². The number of halogens is 3. The van der Waals surface area contributed by atoms with Crippen molar-refractivity contribution in [3.8, 4) is 11.3 Å². The molecule has 0 saturated carbocycles. The van der Waals surface area contributed by atoms with Crippen LogP contribution >= 0.6 is 0 Å². The molecule has 158 valence electrons. The van der Waals surface area contributed by atoms with Crippen LogP contribution in [0.1, 0.15) is 21.5 Å². The van der Waals surface area contributed by atoms with E-state index in [1.807, 2.05) is 24.3 Å². The Kier molecular flexibility index (Phi) is 5.46. The van der Waals surface area contributed by atoms with Crippen molar-refractivity contribution < 1.29 is 27.6 Å². The SMILES string of the molecule is O=C(c1cccc(-c2ccccn2)c1)N(OC(=O)C(F)(F)F)C1Cc2ccccc2C1. The van der Waals surface area contributed by atoms with Crippen LogP contribution in [0.4, 0.5) is 13.2 Å². The van der Waals surface area contributed by atoms with Gasteiger partial charge in [0.15, 0.2) is 0 Å². The lowest BCUT2D eigenvalue weighted by atomic mass is 10.1. The zero-order valence-electron chi connectivity index (χ0n) is 16.2. The molecular weight excluding hydrogens is 409 g/mol. The van der Waals surface area contributed by atoms with Crippen molar-refractivity contribution in [3.63, 3.8) is 0 Å². The molecule has 1 aliphatic rings. The quantitative estimate of drug-likeness (QED) is 0.584. The summed E-state index contributed by atoms with van der Waals surface area (Å²) >= 11 is 0. The Hall–Kier alpha value is -3.68. The van der Waals surface area contributed by atoms with Gasteiger partial charge in [-0.05, 0) is 48.2 Å². The molecule has 2 aromatic carbocycles. The van der Waals surface area contributed by atoms with Gasteiger partial charge in [0.25, 0.3) is 5.91 Å². The Morgan fingerprint density at radius 1 is 0.935 bits per heavy atom. The van der Waals surface area contributed by atoms with Crippen LogP contribution in [0.3, 0.4) is 0 Å². The van der Waals surface area contributed by atoms with Gasteiger partial charge in [0, 0.05) is 17.3 Å². The molecule has 1 aromatic heterocycles. The van der Waals surface area contributed by atoms with Gasteiger partial charge in [-0.25, -0.2) is 4.79 Å². The number of carbonyl (C=O) groups is 2. The second-order valence-corrected chi connectivity index (χ2v) is 7.13. The lowest BCUT2D eigenvalue weighted by Crippen LogP contribution is -2.45. The predicted molar refractivity (Wildman–Crippen MR) is 106 cm³/mol. The van der Waals surface area contributed by atoms with Gasteiger partial charge >= 0.3 is 12.1 Å². The molecule has 0 fully saturated rings. The number of amides is 1. The summed E-state index contributed by atoms with van der Waals surface area (Å²) in [5, 5.41) is 0.563. The molecule has 0 N–H and O–H groups in total. The number of aromatic nitrogens is 1. The minimum absolute atomic E-state index is 0.0917. The number of fused-ring (bicyclic) bond motifs is 1. The number of hydrogen-bond acceptors (Lipinski definition) is 4. The molecule has 4 rings (SSSR count). The molecule has 0 aliphatic heterocycles. The zero-order valence-corrected chi connectivity index (χ0v) is 16.2. The number of carbonyl (C=O) groups excluding carboxylic acids is 2. The highest BCUT2D eigenvalue weighted by atomic mass is 19.4.